The Morgan fingerprint density at radius 2 is 1.94 bits per heavy atom. The number of aliphatic hydroxyl groups is 1. The van der Waals surface area contributed by atoms with Gasteiger partial charge >= 0.3 is 5.97 Å². The first kappa shape index (κ1) is 28.6. The van der Waals surface area contributed by atoms with Gasteiger partial charge < -0.3 is 24.8 Å². The van der Waals surface area contributed by atoms with E-state index in [1.54, 1.807) is 11.8 Å². The van der Waals surface area contributed by atoms with E-state index in [0.717, 1.165) is 25.9 Å². The zero-order chi connectivity index (χ0) is 26.2. The van der Waals surface area contributed by atoms with Gasteiger partial charge in [-0.1, -0.05) is 39.3 Å². The molecule has 36 heavy (non-hydrogen) atoms. The molecule has 6 atom stereocenters. The molecule has 0 aromatic rings. The molecule has 3 rings (SSSR count). The first-order valence-corrected chi connectivity index (χ1v) is 13.7. The van der Waals surface area contributed by atoms with Crippen LogP contribution in [0.5, 0.6) is 0 Å². The number of ether oxygens (including phenoxy) is 2. The van der Waals surface area contributed by atoms with Gasteiger partial charge in [-0.15, -0.1) is 0 Å². The van der Waals surface area contributed by atoms with Gasteiger partial charge in [0.15, 0.2) is 0 Å². The van der Waals surface area contributed by atoms with Crippen LogP contribution >= 0.6 is 0 Å². The molecule has 9 nitrogen and oxygen atoms in total. The molecule has 3 aliphatic rings. The molecule has 2 fully saturated rings. The Kier molecular flexibility index (Phi) is 10.8. The van der Waals surface area contributed by atoms with Gasteiger partial charge in [0, 0.05) is 32.1 Å². The van der Waals surface area contributed by atoms with E-state index in [4.69, 9.17) is 9.47 Å². The van der Waals surface area contributed by atoms with Gasteiger partial charge in [0.05, 0.1) is 44.3 Å². The quantitative estimate of drug-likeness (QED) is 0.304. The van der Waals surface area contributed by atoms with Crippen molar-refractivity contribution in [3.05, 3.63) is 12.2 Å². The third kappa shape index (κ3) is 6.47. The van der Waals surface area contributed by atoms with E-state index >= 15 is 0 Å². The van der Waals surface area contributed by atoms with E-state index in [0.29, 0.717) is 32.7 Å². The Hall–Kier alpha value is -1.97. The minimum atomic E-state index is -0.765. The molecule has 2 aliphatic heterocycles. The molecule has 0 aromatic heterocycles. The van der Waals surface area contributed by atoms with Crippen molar-refractivity contribution in [2.45, 2.75) is 59.0 Å². The molecule has 2 N–H and O–H groups in total. The smallest absolute Gasteiger partial charge is 0.310 e. The summed E-state index contributed by atoms with van der Waals surface area (Å²) in [5.74, 6) is -2.44. The lowest BCUT2D eigenvalue weighted by molar-refractivity contribution is -0.156. The highest BCUT2D eigenvalue weighted by molar-refractivity contribution is 5.96. The summed E-state index contributed by atoms with van der Waals surface area (Å²) < 4.78 is 10.8. The summed E-state index contributed by atoms with van der Waals surface area (Å²) >= 11 is 0. The molecule has 0 saturated carbocycles. The predicted molar refractivity (Wildman–Crippen MR) is 136 cm³/mol. The van der Waals surface area contributed by atoms with Gasteiger partial charge in [0.25, 0.3) is 0 Å². The second-order valence-electron chi connectivity index (χ2n) is 10.6. The third-order valence-corrected chi connectivity index (χ3v) is 7.68. The van der Waals surface area contributed by atoms with E-state index in [1.165, 1.54) is 0 Å². The first-order chi connectivity index (χ1) is 17.3. The molecule has 1 aliphatic carbocycles. The highest BCUT2D eigenvalue weighted by atomic mass is 16.5. The molecule has 0 spiro atoms. The zero-order valence-corrected chi connectivity index (χ0v) is 22.4. The fourth-order valence-electron chi connectivity index (χ4n) is 6.09. The number of morpholine rings is 1. The van der Waals surface area contributed by atoms with Crippen LogP contribution in [0.2, 0.25) is 0 Å². The van der Waals surface area contributed by atoms with Crippen molar-refractivity contribution < 1.29 is 29.0 Å². The van der Waals surface area contributed by atoms with Crippen LogP contribution < -0.4 is 5.32 Å². The maximum absolute atomic E-state index is 14.0. The number of nitrogens with zero attached hydrogens (tertiary/aromatic N) is 2. The molecule has 2 amide bonds. The molecule has 0 bridgehead atoms. The number of fused-ring (bicyclic) bond motifs is 1. The monoisotopic (exact) mass is 507 g/mol. The van der Waals surface area contributed by atoms with Crippen LogP contribution in [0, 0.1) is 29.6 Å². The number of hydrogen-bond donors (Lipinski definition) is 2. The molecular formula is C27H45N3O6. The van der Waals surface area contributed by atoms with E-state index in [2.05, 4.69) is 17.1 Å². The normalized spacial score (nSPS) is 29.3. The summed E-state index contributed by atoms with van der Waals surface area (Å²) in [6.07, 6.45) is 6.19. The highest BCUT2D eigenvalue weighted by Gasteiger charge is 2.58. The lowest BCUT2D eigenvalue weighted by Crippen LogP contribution is -2.53. The minimum Gasteiger partial charge on any atom is -0.466 e. The van der Waals surface area contributed by atoms with E-state index in [-0.39, 0.29) is 42.8 Å². The van der Waals surface area contributed by atoms with Crippen LogP contribution in [0.4, 0.5) is 0 Å². The van der Waals surface area contributed by atoms with Gasteiger partial charge in [-0.05, 0) is 31.6 Å². The fourth-order valence-corrected chi connectivity index (χ4v) is 6.09. The van der Waals surface area contributed by atoms with Gasteiger partial charge in [-0.2, -0.15) is 0 Å². The molecule has 2 saturated heterocycles. The summed E-state index contributed by atoms with van der Waals surface area (Å²) in [5.41, 5.74) is 0. The van der Waals surface area contributed by atoms with Crippen LogP contribution in [-0.4, -0.2) is 97.4 Å². The fraction of sp³-hybridized carbons (Fsp3) is 0.815. The number of esters is 1. The molecule has 0 unspecified atom stereocenters. The minimum absolute atomic E-state index is 0.109. The number of rotatable bonds is 12. The number of likely N-dealkylation sites (tertiary alicyclic amines) is 1. The van der Waals surface area contributed by atoms with Gasteiger partial charge in [0.2, 0.25) is 11.8 Å². The molecule has 9 heteroatoms. The Balaban J connectivity index is 1.88. The number of aliphatic hydroxyl groups excluding tert-OH is 1. The van der Waals surface area contributed by atoms with Crippen LogP contribution in [0.1, 0.15) is 47.0 Å². The number of amides is 2. The Labute approximate surface area is 215 Å². The predicted octanol–water partition coefficient (Wildman–Crippen LogP) is 1.45. The van der Waals surface area contributed by atoms with E-state index in [1.807, 2.05) is 26.0 Å². The van der Waals surface area contributed by atoms with Gasteiger partial charge in [-0.3, -0.25) is 19.3 Å². The maximum Gasteiger partial charge on any atom is 0.310 e. The Bertz CT molecular complexity index is 781. The second-order valence-corrected chi connectivity index (χ2v) is 10.6. The van der Waals surface area contributed by atoms with E-state index in [9.17, 15) is 19.5 Å². The van der Waals surface area contributed by atoms with Crippen LogP contribution in [-0.2, 0) is 23.9 Å². The van der Waals surface area contributed by atoms with Gasteiger partial charge in [-0.25, -0.2) is 0 Å². The Morgan fingerprint density at radius 3 is 2.56 bits per heavy atom. The average Bonchev–Trinajstić information content (AvgIpc) is 3.15. The van der Waals surface area contributed by atoms with Crippen LogP contribution in [0.25, 0.3) is 0 Å². The summed E-state index contributed by atoms with van der Waals surface area (Å²) in [6, 6.07) is -1.25. The zero-order valence-electron chi connectivity index (χ0n) is 22.4. The largest absolute Gasteiger partial charge is 0.466 e. The SMILES string of the molecule is CCC[C@@H]1C=C[C@H]2[C@H](C(=O)N([C@@H](CO)CC(C)C)[C@@H]2C(=O)NCCN2CCOCC2)[C@@H]1C(=O)OCC. The van der Waals surface area contributed by atoms with Crippen molar-refractivity contribution >= 4 is 17.8 Å². The van der Waals surface area contributed by atoms with Crippen molar-refractivity contribution in [2.24, 2.45) is 29.6 Å². The number of allylic oxidation sites excluding steroid dienone is 1. The highest BCUT2D eigenvalue weighted by Crippen LogP contribution is 2.46. The standard InChI is InChI=1S/C27H45N3O6/c1-5-7-19-8-9-21-23(22(19)27(34)36-6-2)26(33)30(20(17-31)16-18(3)4)24(21)25(32)28-10-11-29-12-14-35-15-13-29/h8-9,18-24,31H,5-7,10-17H2,1-4H3,(H,28,32)/t19-,20-,21+,22-,23+,24+/m1/s1. The van der Waals surface area contributed by atoms with Crippen molar-refractivity contribution in [2.75, 3.05) is 52.6 Å². The van der Waals surface area contributed by atoms with Gasteiger partial charge in [0.1, 0.15) is 6.04 Å². The lowest BCUT2D eigenvalue weighted by atomic mass is 9.69. The van der Waals surface area contributed by atoms with Crippen molar-refractivity contribution in [1.29, 1.82) is 0 Å². The van der Waals surface area contributed by atoms with Crippen LogP contribution in [0.3, 0.4) is 0 Å². The summed E-state index contributed by atoms with van der Waals surface area (Å²) in [4.78, 5) is 44.6. The van der Waals surface area contributed by atoms with Crippen molar-refractivity contribution in [3.8, 4) is 0 Å². The number of hydrogen-bond acceptors (Lipinski definition) is 7. The molecular weight excluding hydrogens is 462 g/mol. The third-order valence-electron chi connectivity index (χ3n) is 7.68. The molecule has 2 heterocycles. The molecule has 0 radical (unpaired) electrons. The average molecular weight is 508 g/mol. The van der Waals surface area contributed by atoms with Crippen molar-refractivity contribution in [1.82, 2.24) is 15.1 Å². The summed E-state index contributed by atoms with van der Waals surface area (Å²) in [5, 5.41) is 13.3. The first-order valence-electron chi connectivity index (χ1n) is 13.7. The number of carbonyl (C=O) groups excluding carboxylic acids is 3. The summed E-state index contributed by atoms with van der Waals surface area (Å²) in [7, 11) is 0. The van der Waals surface area contributed by atoms with E-state index < -0.39 is 29.8 Å². The lowest BCUT2D eigenvalue weighted by Gasteiger charge is -2.34. The van der Waals surface area contributed by atoms with Crippen LogP contribution in [0.15, 0.2) is 12.2 Å². The molecule has 204 valence electrons. The Morgan fingerprint density at radius 1 is 1.22 bits per heavy atom. The number of nitrogens with one attached hydrogen (secondary N) is 1. The molecule has 0 aromatic carbocycles. The summed E-state index contributed by atoms with van der Waals surface area (Å²) in [6.45, 7) is 12.1. The number of carbonyl (C=O) groups is 3. The maximum atomic E-state index is 14.0. The topological polar surface area (TPSA) is 108 Å². The van der Waals surface area contributed by atoms with Crippen molar-refractivity contribution in [3.63, 3.8) is 0 Å². The second kappa shape index (κ2) is 13.5.